The van der Waals surface area contributed by atoms with Crippen LogP contribution < -0.4 is 16.0 Å². The number of aromatic nitrogens is 1. The largest absolute Gasteiger partial charge is 0.388 e. The Morgan fingerprint density at radius 3 is 1.88 bits per heavy atom. The first kappa shape index (κ1) is 15.7. The van der Waals surface area contributed by atoms with E-state index in [1.807, 2.05) is 74.9 Å². The molecule has 0 spiro atoms. The van der Waals surface area contributed by atoms with Gasteiger partial charge in [0.25, 0.3) is 5.91 Å². The zero-order valence-corrected chi connectivity index (χ0v) is 13.7. The fourth-order valence-electron chi connectivity index (χ4n) is 2.42. The molecule has 2 aromatic carbocycles. The molecule has 122 valence electrons. The van der Waals surface area contributed by atoms with Crippen LogP contribution in [0.15, 0.2) is 66.9 Å². The Kier molecular flexibility index (Phi) is 4.52. The van der Waals surface area contributed by atoms with Gasteiger partial charge in [-0.2, -0.15) is 0 Å². The maximum Gasteiger partial charge on any atom is 0.272 e. The number of nitrogens with zero attached hydrogens (tertiary/aromatic N) is 1. The van der Waals surface area contributed by atoms with E-state index in [4.69, 9.17) is 0 Å². The zero-order valence-electron chi connectivity index (χ0n) is 13.7. The molecule has 5 nitrogen and oxygen atoms in total. The summed E-state index contributed by atoms with van der Waals surface area (Å²) in [6, 6.07) is 19.3. The minimum Gasteiger partial charge on any atom is -0.388 e. The summed E-state index contributed by atoms with van der Waals surface area (Å²) in [7, 11) is 3.74. The zero-order chi connectivity index (χ0) is 16.9. The second-order valence-electron chi connectivity index (χ2n) is 5.49. The number of hydrogen-bond acceptors (Lipinski definition) is 3. The minimum absolute atomic E-state index is 0.120. The molecule has 0 aliphatic rings. The van der Waals surface area contributed by atoms with Gasteiger partial charge in [-0.1, -0.05) is 0 Å². The normalized spacial score (nSPS) is 10.2. The van der Waals surface area contributed by atoms with Gasteiger partial charge in [0.05, 0.1) is 0 Å². The fourth-order valence-corrected chi connectivity index (χ4v) is 2.42. The Balaban J connectivity index is 1.64. The van der Waals surface area contributed by atoms with Crippen LogP contribution in [0.25, 0.3) is 0 Å². The van der Waals surface area contributed by atoms with E-state index >= 15 is 0 Å². The Morgan fingerprint density at radius 2 is 1.38 bits per heavy atom. The molecule has 0 fully saturated rings. The average molecular weight is 320 g/mol. The standard InChI is InChI=1S/C19H20N4O/c1-20-14-5-7-15(8-6-14)21-16-9-11-17(12-10-16)22-19(24)18-4-3-13-23(18)2/h3-13,20-21H,1-2H3,(H,22,24). The van der Waals surface area contributed by atoms with E-state index in [2.05, 4.69) is 16.0 Å². The van der Waals surface area contributed by atoms with Crippen molar-refractivity contribution in [3.63, 3.8) is 0 Å². The lowest BCUT2D eigenvalue weighted by Crippen LogP contribution is -2.15. The molecule has 0 radical (unpaired) electrons. The highest BCUT2D eigenvalue weighted by Crippen LogP contribution is 2.20. The van der Waals surface area contributed by atoms with E-state index in [-0.39, 0.29) is 5.91 Å². The summed E-state index contributed by atoms with van der Waals surface area (Å²) >= 11 is 0. The number of carbonyl (C=O) groups is 1. The number of rotatable bonds is 5. The molecule has 0 unspecified atom stereocenters. The van der Waals surface area contributed by atoms with Gasteiger partial charge in [-0.15, -0.1) is 0 Å². The molecule has 0 aliphatic heterocycles. The molecule has 0 aliphatic carbocycles. The number of hydrogen-bond donors (Lipinski definition) is 3. The van der Waals surface area contributed by atoms with Crippen molar-refractivity contribution in [3.8, 4) is 0 Å². The van der Waals surface area contributed by atoms with Crippen LogP contribution in [0, 0.1) is 0 Å². The van der Waals surface area contributed by atoms with Crippen LogP contribution in [0.5, 0.6) is 0 Å². The van der Waals surface area contributed by atoms with Crippen LogP contribution in [-0.4, -0.2) is 17.5 Å². The Labute approximate surface area is 141 Å². The van der Waals surface area contributed by atoms with Crippen molar-refractivity contribution in [1.82, 2.24) is 4.57 Å². The molecule has 0 bridgehead atoms. The molecule has 1 aromatic heterocycles. The van der Waals surface area contributed by atoms with Gasteiger partial charge in [-0.3, -0.25) is 4.79 Å². The van der Waals surface area contributed by atoms with E-state index in [1.54, 1.807) is 10.6 Å². The SMILES string of the molecule is CNc1ccc(Nc2ccc(NC(=O)c3cccn3C)cc2)cc1. The van der Waals surface area contributed by atoms with Crippen molar-refractivity contribution < 1.29 is 4.79 Å². The number of aryl methyl sites for hydroxylation is 1. The van der Waals surface area contributed by atoms with Crippen molar-refractivity contribution in [2.75, 3.05) is 23.0 Å². The monoisotopic (exact) mass is 320 g/mol. The van der Waals surface area contributed by atoms with E-state index in [0.29, 0.717) is 5.69 Å². The van der Waals surface area contributed by atoms with E-state index in [0.717, 1.165) is 22.7 Å². The first-order valence-corrected chi connectivity index (χ1v) is 7.73. The summed E-state index contributed by atoms with van der Waals surface area (Å²) in [5.74, 6) is -0.120. The van der Waals surface area contributed by atoms with Crippen molar-refractivity contribution in [2.45, 2.75) is 0 Å². The van der Waals surface area contributed by atoms with Crippen LogP contribution in [0.4, 0.5) is 22.7 Å². The fraction of sp³-hybridized carbons (Fsp3) is 0.105. The van der Waals surface area contributed by atoms with Crippen LogP contribution in [0.3, 0.4) is 0 Å². The molecule has 0 atom stereocenters. The maximum atomic E-state index is 12.2. The quantitative estimate of drug-likeness (QED) is 0.664. The summed E-state index contributed by atoms with van der Waals surface area (Å²) in [5.41, 5.74) is 4.43. The smallest absolute Gasteiger partial charge is 0.272 e. The molecular formula is C19H20N4O. The van der Waals surface area contributed by atoms with Crippen molar-refractivity contribution in [3.05, 3.63) is 72.6 Å². The number of nitrogens with one attached hydrogen (secondary N) is 3. The lowest BCUT2D eigenvalue weighted by molar-refractivity contribution is 0.101. The number of benzene rings is 2. The van der Waals surface area contributed by atoms with Crippen LogP contribution in [0.1, 0.15) is 10.5 Å². The van der Waals surface area contributed by atoms with Gasteiger partial charge in [0.2, 0.25) is 0 Å². The molecule has 0 saturated carbocycles. The first-order valence-electron chi connectivity index (χ1n) is 7.73. The van der Waals surface area contributed by atoms with Crippen LogP contribution >= 0.6 is 0 Å². The van der Waals surface area contributed by atoms with Gasteiger partial charge < -0.3 is 20.5 Å². The molecule has 3 N–H and O–H groups in total. The van der Waals surface area contributed by atoms with Gasteiger partial charge in [0, 0.05) is 43.0 Å². The van der Waals surface area contributed by atoms with Gasteiger partial charge in [0.1, 0.15) is 5.69 Å². The van der Waals surface area contributed by atoms with E-state index in [1.165, 1.54) is 0 Å². The van der Waals surface area contributed by atoms with Crippen molar-refractivity contribution >= 4 is 28.7 Å². The Hall–Kier alpha value is -3.21. The highest BCUT2D eigenvalue weighted by molar-refractivity contribution is 6.03. The van der Waals surface area contributed by atoms with Crippen LogP contribution in [0.2, 0.25) is 0 Å². The van der Waals surface area contributed by atoms with Gasteiger partial charge in [0.15, 0.2) is 0 Å². The highest BCUT2D eigenvalue weighted by Gasteiger charge is 2.08. The lowest BCUT2D eigenvalue weighted by Gasteiger charge is -2.10. The molecular weight excluding hydrogens is 300 g/mol. The Morgan fingerprint density at radius 1 is 0.833 bits per heavy atom. The summed E-state index contributed by atoms with van der Waals surface area (Å²) in [4.78, 5) is 12.2. The second kappa shape index (κ2) is 6.91. The first-order chi connectivity index (χ1) is 11.7. The molecule has 3 rings (SSSR count). The van der Waals surface area contributed by atoms with Crippen LogP contribution in [-0.2, 0) is 7.05 Å². The second-order valence-corrected chi connectivity index (χ2v) is 5.49. The third-order valence-electron chi connectivity index (χ3n) is 3.78. The third kappa shape index (κ3) is 3.57. The number of carbonyl (C=O) groups excluding carboxylic acids is 1. The summed E-state index contributed by atoms with van der Waals surface area (Å²) in [6.07, 6.45) is 1.85. The molecule has 5 heteroatoms. The van der Waals surface area contributed by atoms with Gasteiger partial charge in [-0.05, 0) is 60.7 Å². The predicted molar refractivity (Wildman–Crippen MR) is 99.1 cm³/mol. The number of anilines is 4. The van der Waals surface area contributed by atoms with Crippen molar-refractivity contribution in [1.29, 1.82) is 0 Å². The molecule has 1 amide bonds. The lowest BCUT2D eigenvalue weighted by atomic mass is 10.2. The molecule has 0 saturated heterocycles. The number of amides is 1. The minimum atomic E-state index is -0.120. The topological polar surface area (TPSA) is 58.1 Å². The van der Waals surface area contributed by atoms with Crippen molar-refractivity contribution in [2.24, 2.45) is 7.05 Å². The summed E-state index contributed by atoms with van der Waals surface area (Å²) in [6.45, 7) is 0. The Bertz CT molecular complexity index is 819. The maximum absolute atomic E-state index is 12.2. The van der Waals surface area contributed by atoms with E-state index < -0.39 is 0 Å². The highest BCUT2D eigenvalue weighted by atomic mass is 16.1. The van der Waals surface area contributed by atoms with Gasteiger partial charge >= 0.3 is 0 Å². The van der Waals surface area contributed by atoms with Gasteiger partial charge in [-0.25, -0.2) is 0 Å². The molecule has 24 heavy (non-hydrogen) atoms. The molecule has 3 aromatic rings. The predicted octanol–water partition coefficient (Wildman–Crippen LogP) is 4.06. The molecule has 1 heterocycles. The average Bonchev–Trinajstić information content (AvgIpc) is 3.03. The summed E-state index contributed by atoms with van der Waals surface area (Å²) in [5, 5.41) is 9.31. The third-order valence-corrected chi connectivity index (χ3v) is 3.78. The summed E-state index contributed by atoms with van der Waals surface area (Å²) < 4.78 is 1.79. The van der Waals surface area contributed by atoms with E-state index in [9.17, 15) is 4.79 Å².